The molecule has 1 N–H and O–H groups in total. The Balaban J connectivity index is 1.52. The first-order valence-electron chi connectivity index (χ1n) is 11.3. The normalized spacial score (nSPS) is 19.0. The summed E-state index contributed by atoms with van der Waals surface area (Å²) in [7, 11) is 2.90. The minimum atomic E-state index is -1.01. The molecule has 4 rings (SSSR count). The van der Waals surface area contributed by atoms with E-state index in [1.165, 1.54) is 19.1 Å². The molecule has 1 fully saturated rings. The topological polar surface area (TPSA) is 103 Å². The molecule has 0 aliphatic carbocycles. The molecule has 2 atom stereocenters. The number of carbonyl (C=O) groups is 3. The quantitative estimate of drug-likeness (QED) is 0.442. The van der Waals surface area contributed by atoms with Crippen LogP contribution in [0.4, 0.5) is 5.69 Å². The molecular weight excluding hydrogens is 440 g/mol. The second-order valence-electron chi connectivity index (χ2n) is 8.09. The Bertz CT molecular complexity index is 1080. The van der Waals surface area contributed by atoms with Gasteiger partial charge in [0.15, 0.2) is 11.5 Å². The third-order valence-electron chi connectivity index (χ3n) is 5.97. The molecule has 2 heterocycles. The summed E-state index contributed by atoms with van der Waals surface area (Å²) in [4.78, 5) is 39.9. The Labute approximate surface area is 197 Å². The van der Waals surface area contributed by atoms with E-state index in [9.17, 15) is 14.4 Å². The molecule has 180 valence electrons. The number of nitrogens with zero attached hydrogens (tertiary/aromatic N) is 1. The molecule has 2 aliphatic rings. The summed E-state index contributed by atoms with van der Waals surface area (Å²) >= 11 is 0. The second kappa shape index (κ2) is 10.0. The second-order valence-corrected chi connectivity index (χ2v) is 8.09. The van der Waals surface area contributed by atoms with Gasteiger partial charge in [-0.15, -0.1) is 0 Å². The zero-order valence-corrected chi connectivity index (χ0v) is 19.5. The van der Waals surface area contributed by atoms with Gasteiger partial charge in [-0.25, -0.2) is 4.79 Å². The van der Waals surface area contributed by atoms with Crippen LogP contribution < -0.4 is 19.5 Å². The summed E-state index contributed by atoms with van der Waals surface area (Å²) in [5.41, 5.74) is 1.25. The van der Waals surface area contributed by atoms with Crippen molar-refractivity contribution in [2.24, 2.45) is 0 Å². The van der Waals surface area contributed by atoms with Gasteiger partial charge in [0.05, 0.1) is 20.8 Å². The monoisotopic (exact) mass is 468 g/mol. The van der Waals surface area contributed by atoms with E-state index in [-0.39, 0.29) is 29.5 Å². The zero-order valence-electron chi connectivity index (χ0n) is 19.5. The summed E-state index contributed by atoms with van der Waals surface area (Å²) in [6.45, 7) is 2.73. The van der Waals surface area contributed by atoms with Crippen LogP contribution in [0.3, 0.4) is 0 Å². The van der Waals surface area contributed by atoms with Crippen molar-refractivity contribution in [1.82, 2.24) is 4.90 Å². The molecule has 2 aromatic rings. The first-order chi connectivity index (χ1) is 16.5. The third-order valence-corrected chi connectivity index (χ3v) is 5.97. The number of hydrogen-bond donors (Lipinski definition) is 1. The van der Waals surface area contributed by atoms with Crippen molar-refractivity contribution in [1.29, 1.82) is 0 Å². The molecule has 1 saturated heterocycles. The first kappa shape index (κ1) is 23.4. The number of fused-ring (bicyclic) bond motifs is 1. The number of carbonyl (C=O) groups excluding carboxylic acids is 3. The molecule has 0 saturated carbocycles. The molecule has 0 aromatic heterocycles. The van der Waals surface area contributed by atoms with Gasteiger partial charge in [0.1, 0.15) is 17.4 Å². The van der Waals surface area contributed by atoms with E-state index in [1.807, 2.05) is 0 Å². The lowest BCUT2D eigenvalue weighted by atomic mass is 10.1. The Morgan fingerprint density at radius 2 is 1.88 bits per heavy atom. The summed E-state index contributed by atoms with van der Waals surface area (Å²) in [6.07, 6.45) is 1.50. The zero-order chi connectivity index (χ0) is 24.2. The fourth-order valence-corrected chi connectivity index (χ4v) is 4.24. The highest BCUT2D eigenvalue weighted by atomic mass is 16.6. The Morgan fingerprint density at radius 1 is 1.12 bits per heavy atom. The van der Waals surface area contributed by atoms with E-state index in [2.05, 4.69) is 12.2 Å². The fourth-order valence-electron chi connectivity index (χ4n) is 4.24. The number of esters is 1. The Morgan fingerprint density at radius 3 is 2.56 bits per heavy atom. The number of cyclic esters (lactones) is 1. The average Bonchev–Trinajstić information content (AvgIpc) is 3.39. The number of amides is 2. The minimum absolute atomic E-state index is 0.180. The van der Waals surface area contributed by atoms with Gasteiger partial charge in [0.25, 0.3) is 0 Å². The van der Waals surface area contributed by atoms with Crippen molar-refractivity contribution in [3.8, 4) is 17.2 Å². The van der Waals surface area contributed by atoms with Crippen LogP contribution in [0.25, 0.3) is 0 Å². The maximum absolute atomic E-state index is 13.1. The lowest BCUT2D eigenvalue weighted by Gasteiger charge is -2.29. The summed E-state index contributed by atoms with van der Waals surface area (Å²) in [6, 6.07) is 9.60. The smallest absolute Gasteiger partial charge is 0.344 e. The van der Waals surface area contributed by atoms with Crippen LogP contribution in [0.2, 0.25) is 0 Å². The van der Waals surface area contributed by atoms with Crippen molar-refractivity contribution in [2.45, 2.75) is 44.9 Å². The standard InChI is InChI=1S/C25H28N2O7/c1-4-5-14-33-16-8-6-15(7-9-16)26-23(29)18-11-13-20(28)27(18)24-17-10-12-19(31-2)22(32-3)21(17)25(30)34-24/h6-10,12,18,24H,4-5,11,13-14H2,1-3H3,(H,26,29)/t18-,24-/m1/s1. The number of unbranched alkanes of at least 4 members (excludes halogenated alkanes) is 1. The number of methoxy groups -OCH3 is 2. The predicted octanol–water partition coefficient (Wildman–Crippen LogP) is 3.68. The molecule has 9 nitrogen and oxygen atoms in total. The number of anilines is 1. The predicted molar refractivity (Wildman–Crippen MR) is 123 cm³/mol. The van der Waals surface area contributed by atoms with Gasteiger partial charge in [-0.2, -0.15) is 0 Å². The summed E-state index contributed by atoms with van der Waals surface area (Å²) in [5, 5.41) is 2.85. The van der Waals surface area contributed by atoms with Crippen LogP contribution >= 0.6 is 0 Å². The first-order valence-corrected chi connectivity index (χ1v) is 11.3. The average molecular weight is 469 g/mol. The Kier molecular flexibility index (Phi) is 6.90. The van der Waals surface area contributed by atoms with Crippen LogP contribution in [0, 0.1) is 0 Å². The van der Waals surface area contributed by atoms with E-state index >= 15 is 0 Å². The number of ether oxygens (including phenoxy) is 4. The molecular formula is C25H28N2O7. The van der Waals surface area contributed by atoms with Crippen LogP contribution in [0.15, 0.2) is 36.4 Å². The summed E-state index contributed by atoms with van der Waals surface area (Å²) in [5.74, 6) is 0.0939. The van der Waals surface area contributed by atoms with Crippen molar-refractivity contribution in [3.63, 3.8) is 0 Å². The lowest BCUT2D eigenvalue weighted by molar-refractivity contribution is -0.144. The van der Waals surface area contributed by atoms with Gasteiger partial charge in [-0.1, -0.05) is 13.3 Å². The minimum Gasteiger partial charge on any atom is -0.494 e. The van der Waals surface area contributed by atoms with Gasteiger partial charge < -0.3 is 24.3 Å². The molecule has 34 heavy (non-hydrogen) atoms. The molecule has 0 unspecified atom stereocenters. The van der Waals surface area contributed by atoms with Crippen LogP contribution in [-0.2, 0) is 14.3 Å². The van der Waals surface area contributed by atoms with E-state index < -0.39 is 18.2 Å². The van der Waals surface area contributed by atoms with E-state index in [0.717, 1.165) is 18.6 Å². The molecule has 2 aromatic carbocycles. The van der Waals surface area contributed by atoms with Gasteiger partial charge in [0, 0.05) is 17.7 Å². The van der Waals surface area contributed by atoms with E-state index in [4.69, 9.17) is 18.9 Å². The lowest BCUT2D eigenvalue weighted by Crippen LogP contribution is -2.43. The molecule has 9 heteroatoms. The molecule has 0 bridgehead atoms. The van der Waals surface area contributed by atoms with Crippen molar-refractivity contribution in [2.75, 3.05) is 26.1 Å². The van der Waals surface area contributed by atoms with Gasteiger partial charge in [-0.05, 0) is 49.2 Å². The molecule has 0 radical (unpaired) electrons. The van der Waals surface area contributed by atoms with Crippen LogP contribution in [0.5, 0.6) is 17.2 Å². The highest BCUT2D eigenvalue weighted by Crippen LogP contribution is 2.45. The van der Waals surface area contributed by atoms with Crippen molar-refractivity contribution >= 4 is 23.5 Å². The fraction of sp³-hybridized carbons (Fsp3) is 0.400. The maximum atomic E-state index is 13.1. The highest BCUT2D eigenvalue weighted by Gasteiger charge is 2.47. The van der Waals surface area contributed by atoms with Crippen molar-refractivity contribution in [3.05, 3.63) is 47.5 Å². The molecule has 0 spiro atoms. The molecule has 2 amide bonds. The van der Waals surface area contributed by atoms with Crippen LogP contribution in [0.1, 0.15) is 54.8 Å². The van der Waals surface area contributed by atoms with Gasteiger partial charge >= 0.3 is 5.97 Å². The Hall–Kier alpha value is -3.75. The van der Waals surface area contributed by atoms with Crippen molar-refractivity contribution < 1.29 is 33.3 Å². The largest absolute Gasteiger partial charge is 0.494 e. The number of likely N-dealkylation sites (tertiary alicyclic amines) is 1. The summed E-state index contributed by atoms with van der Waals surface area (Å²) < 4.78 is 21.8. The molecule has 2 aliphatic heterocycles. The van der Waals surface area contributed by atoms with Gasteiger partial charge in [0.2, 0.25) is 18.0 Å². The third kappa shape index (κ3) is 4.37. The highest BCUT2D eigenvalue weighted by molar-refractivity contribution is 6.01. The number of benzene rings is 2. The number of rotatable bonds is 9. The SMILES string of the molecule is CCCCOc1ccc(NC(=O)[C@H]2CCC(=O)N2[C@@H]2OC(=O)c3c2ccc(OC)c3OC)cc1. The van der Waals surface area contributed by atoms with E-state index in [0.29, 0.717) is 30.0 Å². The maximum Gasteiger partial charge on any atom is 0.344 e. The van der Waals surface area contributed by atoms with E-state index in [1.54, 1.807) is 36.4 Å². The number of hydrogen-bond acceptors (Lipinski definition) is 7. The van der Waals surface area contributed by atoms with Gasteiger partial charge in [-0.3, -0.25) is 14.5 Å². The van der Waals surface area contributed by atoms with Crippen LogP contribution in [-0.4, -0.2) is 49.6 Å². The number of nitrogens with one attached hydrogen (secondary N) is 1.